The highest BCUT2D eigenvalue weighted by Crippen LogP contribution is 2.43. The van der Waals surface area contributed by atoms with E-state index in [-0.39, 0.29) is 42.5 Å². The first-order chi connectivity index (χ1) is 14.2. The molecule has 30 heavy (non-hydrogen) atoms. The maximum Gasteiger partial charge on any atom is 0.336 e. The van der Waals surface area contributed by atoms with Crippen LogP contribution < -0.4 is 5.73 Å². The third-order valence-electron chi connectivity index (χ3n) is 4.68. The molecule has 0 aliphatic carbocycles. The van der Waals surface area contributed by atoms with Gasteiger partial charge in [-0.05, 0) is 19.8 Å². The summed E-state index contributed by atoms with van der Waals surface area (Å²) in [5, 5.41) is 11.7. The van der Waals surface area contributed by atoms with Gasteiger partial charge in [0.15, 0.2) is 0 Å². The summed E-state index contributed by atoms with van der Waals surface area (Å²) in [5.41, 5.74) is 6.31. The van der Waals surface area contributed by atoms with Crippen LogP contribution in [0.25, 0.3) is 0 Å². The third kappa shape index (κ3) is 5.10. The first kappa shape index (κ1) is 23.2. The minimum absolute atomic E-state index is 0.0234. The second-order valence-corrected chi connectivity index (χ2v) is 7.47. The van der Waals surface area contributed by atoms with Crippen LogP contribution in [0.5, 0.6) is 0 Å². The molecule has 1 aliphatic heterocycles. The number of esters is 2. The van der Waals surface area contributed by atoms with Gasteiger partial charge in [0.05, 0.1) is 17.1 Å². The highest BCUT2D eigenvalue weighted by Gasteiger charge is 2.44. The quantitative estimate of drug-likeness (QED) is 0.390. The number of para-hydroxylation sites is 1. The normalized spacial score (nSPS) is 18.8. The standard InChI is InChI=1S/C21H27N3O6/c1-12(2)11-30-21(26)18-14(4)23-13(3)17(20(25)29-10-9-22)19(18)15-7-5-6-8-16(15)24(27)28/h5-8,12,18-19H,9-11,22H2,1-4H3. The van der Waals surface area contributed by atoms with Gasteiger partial charge in [-0.25, -0.2) is 4.79 Å². The van der Waals surface area contributed by atoms with Gasteiger partial charge < -0.3 is 15.2 Å². The SMILES string of the molecule is CC1=NC(C)=C(C(=O)OCCN)C(c2ccccc2[N+](=O)[O-])C1C(=O)OCC(C)C. The molecule has 162 valence electrons. The van der Waals surface area contributed by atoms with Crippen LogP contribution in [0.3, 0.4) is 0 Å². The van der Waals surface area contributed by atoms with Gasteiger partial charge in [0.2, 0.25) is 0 Å². The second-order valence-electron chi connectivity index (χ2n) is 7.47. The van der Waals surface area contributed by atoms with E-state index >= 15 is 0 Å². The van der Waals surface area contributed by atoms with E-state index in [1.807, 2.05) is 13.8 Å². The molecule has 0 aromatic heterocycles. The van der Waals surface area contributed by atoms with Crippen LogP contribution in [0.2, 0.25) is 0 Å². The van der Waals surface area contributed by atoms with Gasteiger partial charge in [-0.3, -0.25) is 19.9 Å². The van der Waals surface area contributed by atoms with E-state index in [1.165, 1.54) is 18.2 Å². The molecule has 0 saturated carbocycles. The third-order valence-corrected chi connectivity index (χ3v) is 4.68. The van der Waals surface area contributed by atoms with Gasteiger partial charge in [-0.2, -0.15) is 0 Å². The van der Waals surface area contributed by atoms with Crippen LogP contribution in [0.15, 0.2) is 40.5 Å². The number of benzene rings is 1. The number of carbonyl (C=O) groups excluding carboxylic acids is 2. The van der Waals surface area contributed by atoms with Crippen molar-refractivity contribution in [2.24, 2.45) is 22.6 Å². The number of allylic oxidation sites excluding steroid dienone is 1. The average Bonchev–Trinajstić information content (AvgIpc) is 2.69. The van der Waals surface area contributed by atoms with Crippen molar-refractivity contribution in [3.05, 3.63) is 51.2 Å². The number of rotatable bonds is 8. The molecule has 2 N–H and O–H groups in total. The van der Waals surface area contributed by atoms with E-state index in [1.54, 1.807) is 19.9 Å². The summed E-state index contributed by atoms with van der Waals surface area (Å²) in [6.45, 7) is 7.33. The number of carbonyl (C=O) groups is 2. The monoisotopic (exact) mass is 417 g/mol. The maximum atomic E-state index is 13.0. The Morgan fingerprint density at radius 1 is 1.23 bits per heavy atom. The van der Waals surface area contributed by atoms with E-state index in [0.717, 1.165) is 0 Å². The molecule has 0 fully saturated rings. The Morgan fingerprint density at radius 3 is 2.50 bits per heavy atom. The molecule has 2 unspecified atom stereocenters. The Hall–Kier alpha value is -3.07. The number of ether oxygens (including phenoxy) is 2. The average molecular weight is 417 g/mol. The largest absolute Gasteiger partial charge is 0.465 e. The van der Waals surface area contributed by atoms with E-state index in [9.17, 15) is 19.7 Å². The number of hydrogen-bond acceptors (Lipinski definition) is 8. The molecule has 1 aromatic rings. The summed E-state index contributed by atoms with van der Waals surface area (Å²) < 4.78 is 10.6. The molecular formula is C21H27N3O6. The van der Waals surface area contributed by atoms with Crippen LogP contribution >= 0.6 is 0 Å². The van der Waals surface area contributed by atoms with Gasteiger partial charge >= 0.3 is 11.9 Å². The number of hydrogen-bond donors (Lipinski definition) is 1. The lowest BCUT2D eigenvalue weighted by Gasteiger charge is -2.31. The van der Waals surface area contributed by atoms with Crippen molar-refractivity contribution in [3.8, 4) is 0 Å². The highest BCUT2D eigenvalue weighted by molar-refractivity contribution is 6.07. The van der Waals surface area contributed by atoms with E-state index in [2.05, 4.69) is 4.99 Å². The molecule has 1 aromatic carbocycles. The Morgan fingerprint density at radius 2 is 1.90 bits per heavy atom. The molecule has 1 aliphatic rings. The number of nitro benzene ring substituents is 1. The van der Waals surface area contributed by atoms with Crippen molar-refractivity contribution >= 4 is 23.3 Å². The molecule has 0 bridgehead atoms. The summed E-state index contributed by atoms with van der Waals surface area (Å²) in [7, 11) is 0. The topological polar surface area (TPSA) is 134 Å². The smallest absolute Gasteiger partial charge is 0.336 e. The Balaban J connectivity index is 2.64. The van der Waals surface area contributed by atoms with Crippen molar-refractivity contribution in [2.75, 3.05) is 19.8 Å². The Bertz CT molecular complexity index is 890. The van der Waals surface area contributed by atoms with Crippen LogP contribution in [0.1, 0.15) is 39.2 Å². The lowest BCUT2D eigenvalue weighted by atomic mass is 9.75. The molecule has 9 nitrogen and oxygen atoms in total. The van der Waals surface area contributed by atoms with Crippen LogP contribution in [-0.4, -0.2) is 42.3 Å². The van der Waals surface area contributed by atoms with Gasteiger partial charge in [-0.15, -0.1) is 0 Å². The molecule has 1 heterocycles. The summed E-state index contributed by atoms with van der Waals surface area (Å²) in [4.78, 5) is 41.4. The van der Waals surface area contributed by atoms with Crippen molar-refractivity contribution < 1.29 is 24.0 Å². The molecule has 2 atom stereocenters. The van der Waals surface area contributed by atoms with Gasteiger partial charge in [0, 0.05) is 35.5 Å². The fraction of sp³-hybridized carbons (Fsp3) is 0.476. The fourth-order valence-electron chi connectivity index (χ4n) is 3.43. The van der Waals surface area contributed by atoms with Crippen molar-refractivity contribution in [1.29, 1.82) is 0 Å². The molecule has 0 spiro atoms. The van der Waals surface area contributed by atoms with Crippen molar-refractivity contribution in [1.82, 2.24) is 0 Å². The molecule has 9 heteroatoms. The fourth-order valence-corrected chi connectivity index (χ4v) is 3.43. The lowest BCUT2D eigenvalue weighted by molar-refractivity contribution is -0.385. The van der Waals surface area contributed by atoms with Crippen molar-refractivity contribution in [2.45, 2.75) is 33.6 Å². The van der Waals surface area contributed by atoms with E-state index < -0.39 is 28.7 Å². The number of aliphatic imine (C=N–C) groups is 1. The number of nitrogens with zero attached hydrogens (tertiary/aromatic N) is 2. The predicted octanol–water partition coefficient (Wildman–Crippen LogP) is 2.74. The Kier molecular flexibility index (Phi) is 7.82. The van der Waals surface area contributed by atoms with Crippen LogP contribution in [-0.2, 0) is 19.1 Å². The molecule has 0 radical (unpaired) electrons. The molecular weight excluding hydrogens is 390 g/mol. The van der Waals surface area contributed by atoms with Crippen molar-refractivity contribution in [3.63, 3.8) is 0 Å². The molecule has 2 rings (SSSR count). The first-order valence-electron chi connectivity index (χ1n) is 9.72. The molecule has 0 amide bonds. The summed E-state index contributed by atoms with van der Waals surface area (Å²) >= 11 is 0. The number of nitro groups is 1. The minimum atomic E-state index is -0.992. The predicted molar refractivity (Wildman–Crippen MR) is 111 cm³/mol. The zero-order valence-electron chi connectivity index (χ0n) is 17.6. The van der Waals surface area contributed by atoms with Gasteiger partial charge in [-0.1, -0.05) is 32.0 Å². The van der Waals surface area contributed by atoms with Crippen LogP contribution in [0.4, 0.5) is 5.69 Å². The first-order valence-corrected chi connectivity index (χ1v) is 9.72. The maximum absolute atomic E-state index is 13.0. The minimum Gasteiger partial charge on any atom is -0.465 e. The van der Waals surface area contributed by atoms with E-state index in [0.29, 0.717) is 11.4 Å². The Labute approximate surface area is 175 Å². The van der Waals surface area contributed by atoms with Gasteiger partial charge in [0.1, 0.15) is 12.5 Å². The second kappa shape index (κ2) is 10.1. The van der Waals surface area contributed by atoms with E-state index in [4.69, 9.17) is 15.2 Å². The lowest BCUT2D eigenvalue weighted by Crippen LogP contribution is -2.37. The van der Waals surface area contributed by atoms with Crippen LogP contribution in [0, 0.1) is 22.0 Å². The molecule has 0 saturated heterocycles. The zero-order chi connectivity index (χ0) is 22.4. The number of nitrogens with two attached hydrogens (primary N) is 1. The summed E-state index contributed by atoms with van der Waals surface area (Å²) in [6.07, 6.45) is 0. The summed E-state index contributed by atoms with van der Waals surface area (Å²) in [6, 6.07) is 6.03. The summed E-state index contributed by atoms with van der Waals surface area (Å²) in [5.74, 6) is -3.16. The van der Waals surface area contributed by atoms with Gasteiger partial charge in [0.25, 0.3) is 5.69 Å². The highest BCUT2D eigenvalue weighted by atomic mass is 16.6. The zero-order valence-corrected chi connectivity index (χ0v) is 17.6.